The molecule has 0 aromatic heterocycles. The maximum absolute atomic E-state index is 12.6. The van der Waals surface area contributed by atoms with Gasteiger partial charge in [-0.15, -0.1) is 0 Å². The summed E-state index contributed by atoms with van der Waals surface area (Å²) < 4.78 is 0. The molecule has 2 rings (SSSR count). The van der Waals surface area contributed by atoms with E-state index >= 15 is 0 Å². The van der Waals surface area contributed by atoms with Crippen molar-refractivity contribution in [1.29, 1.82) is 0 Å². The molecule has 1 amide bonds. The molecule has 0 radical (unpaired) electrons. The SMILES string of the molecule is CC(C)(C)c1ccccc1C(=O)N1CCCC(O)C1. The average molecular weight is 261 g/mol. The number of hydrogen-bond donors (Lipinski definition) is 1. The van der Waals surface area contributed by atoms with Gasteiger partial charge in [0.25, 0.3) is 5.91 Å². The summed E-state index contributed by atoms with van der Waals surface area (Å²) in [6.07, 6.45) is 1.30. The molecule has 1 aliphatic heterocycles. The zero-order chi connectivity index (χ0) is 14.0. The fourth-order valence-corrected chi connectivity index (χ4v) is 2.63. The smallest absolute Gasteiger partial charge is 0.254 e. The fraction of sp³-hybridized carbons (Fsp3) is 0.562. The normalized spacial score (nSPS) is 20.4. The number of amides is 1. The summed E-state index contributed by atoms with van der Waals surface area (Å²) >= 11 is 0. The highest BCUT2D eigenvalue weighted by atomic mass is 16.3. The van der Waals surface area contributed by atoms with E-state index in [-0.39, 0.29) is 17.4 Å². The second kappa shape index (κ2) is 5.33. The summed E-state index contributed by atoms with van der Waals surface area (Å²) in [5, 5.41) is 9.71. The first-order valence-electron chi connectivity index (χ1n) is 6.96. The minimum atomic E-state index is -0.375. The number of nitrogens with zero attached hydrogens (tertiary/aromatic N) is 1. The molecule has 0 aliphatic carbocycles. The van der Waals surface area contributed by atoms with Crippen molar-refractivity contribution in [2.24, 2.45) is 0 Å². The van der Waals surface area contributed by atoms with Crippen molar-refractivity contribution in [2.75, 3.05) is 13.1 Å². The molecule has 1 atom stereocenters. The van der Waals surface area contributed by atoms with Gasteiger partial charge in [-0.3, -0.25) is 4.79 Å². The summed E-state index contributed by atoms with van der Waals surface area (Å²) in [6, 6.07) is 7.79. The van der Waals surface area contributed by atoms with E-state index in [4.69, 9.17) is 0 Å². The Morgan fingerprint density at radius 3 is 2.63 bits per heavy atom. The van der Waals surface area contributed by atoms with Crippen molar-refractivity contribution in [1.82, 2.24) is 4.90 Å². The Balaban J connectivity index is 2.29. The van der Waals surface area contributed by atoms with E-state index in [2.05, 4.69) is 20.8 Å². The van der Waals surface area contributed by atoms with Gasteiger partial charge in [0.05, 0.1) is 6.10 Å². The number of carbonyl (C=O) groups excluding carboxylic acids is 1. The van der Waals surface area contributed by atoms with Crippen LogP contribution < -0.4 is 0 Å². The quantitative estimate of drug-likeness (QED) is 0.844. The highest BCUT2D eigenvalue weighted by Crippen LogP contribution is 2.27. The number of benzene rings is 1. The molecule has 1 fully saturated rings. The zero-order valence-corrected chi connectivity index (χ0v) is 12.0. The number of carbonyl (C=O) groups is 1. The van der Waals surface area contributed by atoms with Crippen molar-refractivity contribution in [2.45, 2.75) is 45.1 Å². The lowest BCUT2D eigenvalue weighted by Gasteiger charge is -2.32. The van der Waals surface area contributed by atoms with E-state index in [1.807, 2.05) is 24.3 Å². The van der Waals surface area contributed by atoms with Gasteiger partial charge in [0.15, 0.2) is 0 Å². The van der Waals surface area contributed by atoms with Gasteiger partial charge in [-0.1, -0.05) is 39.0 Å². The van der Waals surface area contributed by atoms with Crippen molar-refractivity contribution in [3.63, 3.8) is 0 Å². The van der Waals surface area contributed by atoms with E-state index in [1.165, 1.54) is 0 Å². The predicted molar refractivity (Wildman–Crippen MR) is 76.3 cm³/mol. The standard InChI is InChI=1S/C16H23NO2/c1-16(2,3)14-9-5-4-8-13(14)15(19)17-10-6-7-12(18)11-17/h4-5,8-9,12,18H,6-7,10-11H2,1-3H3. The molecule has 0 spiro atoms. The molecule has 1 aromatic rings. The average Bonchev–Trinajstić information content (AvgIpc) is 2.37. The van der Waals surface area contributed by atoms with Crippen LogP contribution in [0.4, 0.5) is 0 Å². The summed E-state index contributed by atoms with van der Waals surface area (Å²) in [7, 11) is 0. The highest BCUT2D eigenvalue weighted by molar-refractivity contribution is 5.96. The van der Waals surface area contributed by atoms with Crippen LogP contribution in [0.25, 0.3) is 0 Å². The van der Waals surface area contributed by atoms with Gasteiger partial charge < -0.3 is 10.0 Å². The third-order valence-electron chi connectivity index (χ3n) is 3.65. The molecule has 0 saturated carbocycles. The zero-order valence-electron chi connectivity index (χ0n) is 12.0. The summed E-state index contributed by atoms with van der Waals surface area (Å²) in [5.74, 6) is 0.0456. The lowest BCUT2D eigenvalue weighted by atomic mass is 9.83. The number of rotatable bonds is 1. The minimum Gasteiger partial charge on any atom is -0.391 e. The maximum Gasteiger partial charge on any atom is 0.254 e. The van der Waals surface area contributed by atoms with Gasteiger partial charge in [0.2, 0.25) is 0 Å². The fourth-order valence-electron chi connectivity index (χ4n) is 2.63. The van der Waals surface area contributed by atoms with Crippen LogP contribution in [0, 0.1) is 0 Å². The first kappa shape index (κ1) is 14.1. The Morgan fingerprint density at radius 2 is 2.00 bits per heavy atom. The minimum absolute atomic E-state index is 0.0456. The van der Waals surface area contributed by atoms with Crippen molar-refractivity contribution in [3.8, 4) is 0 Å². The molecule has 1 heterocycles. The Morgan fingerprint density at radius 1 is 1.32 bits per heavy atom. The van der Waals surface area contributed by atoms with Gasteiger partial charge in [-0.2, -0.15) is 0 Å². The van der Waals surface area contributed by atoms with Gasteiger partial charge in [-0.25, -0.2) is 0 Å². The lowest BCUT2D eigenvalue weighted by molar-refractivity contribution is 0.0472. The van der Waals surface area contributed by atoms with Crippen LogP contribution in [0.2, 0.25) is 0 Å². The molecule has 1 aliphatic rings. The third-order valence-corrected chi connectivity index (χ3v) is 3.65. The third kappa shape index (κ3) is 3.16. The van der Waals surface area contributed by atoms with Crippen LogP contribution in [0.5, 0.6) is 0 Å². The molecular weight excluding hydrogens is 238 g/mol. The van der Waals surface area contributed by atoms with E-state index in [0.29, 0.717) is 6.54 Å². The Hall–Kier alpha value is -1.35. The maximum atomic E-state index is 12.6. The molecule has 1 saturated heterocycles. The molecule has 19 heavy (non-hydrogen) atoms. The first-order valence-corrected chi connectivity index (χ1v) is 6.96. The topological polar surface area (TPSA) is 40.5 Å². The monoisotopic (exact) mass is 261 g/mol. The van der Waals surface area contributed by atoms with E-state index in [9.17, 15) is 9.90 Å². The molecular formula is C16H23NO2. The molecule has 3 nitrogen and oxygen atoms in total. The van der Waals surface area contributed by atoms with Crippen LogP contribution in [-0.2, 0) is 5.41 Å². The summed E-state index contributed by atoms with van der Waals surface area (Å²) in [4.78, 5) is 14.4. The van der Waals surface area contributed by atoms with Gasteiger partial charge in [0, 0.05) is 18.7 Å². The Bertz CT molecular complexity index is 462. The predicted octanol–water partition coefficient (Wildman–Crippen LogP) is 2.58. The van der Waals surface area contributed by atoms with Crippen LogP contribution in [0.3, 0.4) is 0 Å². The Labute approximate surface area is 115 Å². The summed E-state index contributed by atoms with van der Waals surface area (Å²) in [6.45, 7) is 7.55. The van der Waals surface area contributed by atoms with Crippen molar-refractivity contribution in [3.05, 3.63) is 35.4 Å². The second-order valence-electron chi connectivity index (χ2n) is 6.34. The largest absolute Gasteiger partial charge is 0.391 e. The van der Waals surface area contributed by atoms with Crippen LogP contribution in [-0.4, -0.2) is 35.1 Å². The summed E-state index contributed by atoms with van der Waals surface area (Å²) in [5.41, 5.74) is 1.78. The number of hydrogen-bond acceptors (Lipinski definition) is 2. The number of piperidine rings is 1. The van der Waals surface area contributed by atoms with Crippen molar-refractivity contribution >= 4 is 5.91 Å². The molecule has 1 unspecified atom stereocenters. The van der Waals surface area contributed by atoms with Crippen molar-refractivity contribution < 1.29 is 9.90 Å². The number of likely N-dealkylation sites (tertiary alicyclic amines) is 1. The number of β-amino-alcohol motifs (C(OH)–C–C–N with tert-alkyl or cyclic N) is 1. The second-order valence-corrected chi connectivity index (χ2v) is 6.34. The number of aliphatic hydroxyl groups excluding tert-OH is 1. The van der Waals surface area contributed by atoms with Crippen LogP contribution in [0.1, 0.15) is 49.5 Å². The molecule has 104 valence electrons. The van der Waals surface area contributed by atoms with Crippen LogP contribution in [0.15, 0.2) is 24.3 Å². The van der Waals surface area contributed by atoms with E-state index < -0.39 is 0 Å². The Kier molecular flexibility index (Phi) is 3.95. The van der Waals surface area contributed by atoms with E-state index in [0.717, 1.165) is 30.5 Å². The van der Waals surface area contributed by atoms with Crippen LogP contribution >= 0.6 is 0 Å². The van der Waals surface area contributed by atoms with Gasteiger partial charge in [-0.05, 0) is 29.9 Å². The number of aliphatic hydroxyl groups is 1. The first-order chi connectivity index (χ1) is 8.89. The van der Waals surface area contributed by atoms with Gasteiger partial charge >= 0.3 is 0 Å². The molecule has 0 bridgehead atoms. The molecule has 1 aromatic carbocycles. The molecule has 1 N–H and O–H groups in total. The highest BCUT2D eigenvalue weighted by Gasteiger charge is 2.27. The molecule has 3 heteroatoms. The lowest BCUT2D eigenvalue weighted by Crippen LogP contribution is -2.42. The van der Waals surface area contributed by atoms with E-state index in [1.54, 1.807) is 4.90 Å². The van der Waals surface area contributed by atoms with Gasteiger partial charge in [0.1, 0.15) is 0 Å².